The highest BCUT2D eigenvalue weighted by Crippen LogP contribution is 2.21. The Bertz CT molecular complexity index is 406. The maximum absolute atomic E-state index is 10.4. The van der Waals surface area contributed by atoms with Crippen molar-refractivity contribution in [1.29, 1.82) is 0 Å². The Balaban J connectivity index is 2.53. The van der Waals surface area contributed by atoms with E-state index in [2.05, 4.69) is 5.32 Å². The first kappa shape index (κ1) is 14.3. The third kappa shape index (κ3) is 4.63. The number of ether oxygens (including phenoxy) is 1. The third-order valence-electron chi connectivity index (χ3n) is 2.43. The first-order chi connectivity index (χ1) is 8.52. The Morgan fingerprint density at radius 3 is 2.78 bits per heavy atom. The van der Waals surface area contributed by atoms with Crippen molar-refractivity contribution in [3.8, 4) is 5.75 Å². The molecule has 0 radical (unpaired) electrons. The number of aliphatic carboxylic acids is 1. The molecule has 100 valence electrons. The zero-order valence-corrected chi connectivity index (χ0v) is 10.6. The molecule has 1 aromatic rings. The van der Waals surface area contributed by atoms with Crippen LogP contribution in [0.3, 0.4) is 0 Å². The minimum absolute atomic E-state index is 0.208. The standard InChI is InChI=1S/C13H19NO4/c1-3-18-12-5-4-10(6-9(12)2)14-8-11(15)7-13(16)17/h4-6,11,14-15H,3,7-8H2,1-2H3,(H,16,17). The lowest BCUT2D eigenvalue weighted by molar-refractivity contribution is -0.138. The minimum Gasteiger partial charge on any atom is -0.494 e. The molecule has 5 heteroatoms. The summed E-state index contributed by atoms with van der Waals surface area (Å²) in [6.45, 7) is 4.68. The molecule has 0 fully saturated rings. The molecule has 1 rings (SSSR count). The highest BCUT2D eigenvalue weighted by atomic mass is 16.5. The monoisotopic (exact) mass is 253 g/mol. The number of aliphatic hydroxyl groups is 1. The van der Waals surface area contributed by atoms with E-state index in [-0.39, 0.29) is 13.0 Å². The third-order valence-corrected chi connectivity index (χ3v) is 2.43. The zero-order chi connectivity index (χ0) is 13.5. The molecule has 0 aliphatic carbocycles. The van der Waals surface area contributed by atoms with E-state index in [9.17, 15) is 9.90 Å². The van der Waals surface area contributed by atoms with Gasteiger partial charge in [-0.05, 0) is 37.6 Å². The Kier molecular flexibility index (Phi) is 5.45. The number of aliphatic hydroxyl groups excluding tert-OH is 1. The number of hydrogen-bond donors (Lipinski definition) is 3. The van der Waals surface area contributed by atoms with Crippen molar-refractivity contribution in [2.45, 2.75) is 26.4 Å². The number of aryl methyl sites for hydroxylation is 1. The average molecular weight is 253 g/mol. The van der Waals surface area contributed by atoms with Crippen LogP contribution in [-0.2, 0) is 4.79 Å². The fraction of sp³-hybridized carbons (Fsp3) is 0.462. The SMILES string of the molecule is CCOc1ccc(NCC(O)CC(=O)O)cc1C. The van der Waals surface area contributed by atoms with Crippen molar-refractivity contribution in [2.75, 3.05) is 18.5 Å². The maximum Gasteiger partial charge on any atom is 0.306 e. The number of anilines is 1. The Hall–Kier alpha value is -1.75. The predicted octanol–water partition coefficient (Wildman–Crippen LogP) is 1.64. The zero-order valence-electron chi connectivity index (χ0n) is 10.6. The Morgan fingerprint density at radius 2 is 2.22 bits per heavy atom. The summed E-state index contributed by atoms with van der Waals surface area (Å²) in [4.78, 5) is 10.4. The van der Waals surface area contributed by atoms with Crippen molar-refractivity contribution >= 4 is 11.7 Å². The molecule has 0 heterocycles. The van der Waals surface area contributed by atoms with Crippen molar-refractivity contribution in [3.05, 3.63) is 23.8 Å². The van der Waals surface area contributed by atoms with Gasteiger partial charge in [-0.3, -0.25) is 4.79 Å². The van der Waals surface area contributed by atoms with Gasteiger partial charge in [0, 0.05) is 12.2 Å². The van der Waals surface area contributed by atoms with Crippen LogP contribution in [0.5, 0.6) is 5.75 Å². The van der Waals surface area contributed by atoms with E-state index in [1.54, 1.807) is 0 Å². The van der Waals surface area contributed by atoms with Crippen LogP contribution in [0.25, 0.3) is 0 Å². The second kappa shape index (κ2) is 6.86. The molecule has 0 spiro atoms. The van der Waals surface area contributed by atoms with Gasteiger partial charge in [0.2, 0.25) is 0 Å². The van der Waals surface area contributed by atoms with E-state index in [0.717, 1.165) is 17.0 Å². The van der Waals surface area contributed by atoms with Crippen LogP contribution < -0.4 is 10.1 Å². The molecule has 1 atom stereocenters. The second-order valence-corrected chi connectivity index (χ2v) is 4.05. The van der Waals surface area contributed by atoms with Crippen molar-refractivity contribution in [3.63, 3.8) is 0 Å². The smallest absolute Gasteiger partial charge is 0.306 e. The van der Waals surface area contributed by atoms with E-state index in [0.29, 0.717) is 6.61 Å². The fourth-order valence-electron chi connectivity index (χ4n) is 1.59. The number of carboxylic acid groups (broad SMARTS) is 1. The molecule has 5 nitrogen and oxygen atoms in total. The lowest BCUT2D eigenvalue weighted by Gasteiger charge is -2.13. The molecule has 1 unspecified atom stereocenters. The number of nitrogens with one attached hydrogen (secondary N) is 1. The van der Waals surface area contributed by atoms with Gasteiger partial charge in [-0.15, -0.1) is 0 Å². The molecular weight excluding hydrogens is 234 g/mol. The van der Waals surface area contributed by atoms with Gasteiger partial charge in [-0.25, -0.2) is 0 Å². The maximum atomic E-state index is 10.4. The average Bonchev–Trinajstić information content (AvgIpc) is 2.29. The van der Waals surface area contributed by atoms with E-state index >= 15 is 0 Å². The van der Waals surface area contributed by atoms with Gasteiger partial charge in [-0.2, -0.15) is 0 Å². The van der Waals surface area contributed by atoms with Gasteiger partial charge >= 0.3 is 5.97 Å². The van der Waals surface area contributed by atoms with Crippen LogP contribution in [0.1, 0.15) is 18.9 Å². The summed E-state index contributed by atoms with van der Waals surface area (Å²) in [5.41, 5.74) is 1.83. The lowest BCUT2D eigenvalue weighted by Crippen LogP contribution is -2.22. The van der Waals surface area contributed by atoms with Gasteiger partial charge in [-0.1, -0.05) is 0 Å². The Labute approximate surface area is 106 Å². The molecular formula is C13H19NO4. The minimum atomic E-state index is -1.01. The number of benzene rings is 1. The van der Waals surface area contributed by atoms with E-state index in [1.807, 2.05) is 32.0 Å². The predicted molar refractivity (Wildman–Crippen MR) is 69.1 cm³/mol. The molecule has 0 amide bonds. The molecule has 0 saturated carbocycles. The van der Waals surface area contributed by atoms with E-state index in [4.69, 9.17) is 9.84 Å². The summed E-state index contributed by atoms with van der Waals surface area (Å²) in [6, 6.07) is 5.59. The summed E-state index contributed by atoms with van der Waals surface area (Å²) in [5.74, 6) is -0.179. The molecule has 0 aliphatic rings. The van der Waals surface area contributed by atoms with Gasteiger partial charge < -0.3 is 20.3 Å². The van der Waals surface area contributed by atoms with Gasteiger partial charge in [0.1, 0.15) is 5.75 Å². The number of rotatable bonds is 7. The summed E-state index contributed by atoms with van der Waals surface area (Å²) in [7, 11) is 0. The molecule has 0 bridgehead atoms. The highest BCUT2D eigenvalue weighted by Gasteiger charge is 2.09. The highest BCUT2D eigenvalue weighted by molar-refractivity contribution is 5.67. The van der Waals surface area contributed by atoms with Crippen LogP contribution in [0.2, 0.25) is 0 Å². The van der Waals surface area contributed by atoms with E-state index in [1.165, 1.54) is 0 Å². The molecule has 1 aromatic carbocycles. The largest absolute Gasteiger partial charge is 0.494 e. The van der Waals surface area contributed by atoms with Crippen molar-refractivity contribution in [1.82, 2.24) is 0 Å². The summed E-state index contributed by atoms with van der Waals surface area (Å²) >= 11 is 0. The number of carbonyl (C=O) groups is 1. The van der Waals surface area contributed by atoms with E-state index < -0.39 is 12.1 Å². The van der Waals surface area contributed by atoms with Crippen LogP contribution >= 0.6 is 0 Å². The van der Waals surface area contributed by atoms with Crippen LogP contribution in [0, 0.1) is 6.92 Å². The number of carboxylic acids is 1. The first-order valence-corrected chi connectivity index (χ1v) is 5.90. The van der Waals surface area contributed by atoms with Crippen LogP contribution in [0.15, 0.2) is 18.2 Å². The molecule has 3 N–H and O–H groups in total. The quantitative estimate of drug-likeness (QED) is 0.688. The number of hydrogen-bond acceptors (Lipinski definition) is 4. The second-order valence-electron chi connectivity index (χ2n) is 4.05. The van der Waals surface area contributed by atoms with Gasteiger partial charge in [0.25, 0.3) is 0 Å². The topological polar surface area (TPSA) is 78.8 Å². The molecule has 0 aromatic heterocycles. The van der Waals surface area contributed by atoms with Crippen LogP contribution in [0.4, 0.5) is 5.69 Å². The van der Waals surface area contributed by atoms with Gasteiger partial charge in [0.05, 0.1) is 19.1 Å². The molecule has 18 heavy (non-hydrogen) atoms. The fourth-order valence-corrected chi connectivity index (χ4v) is 1.59. The van der Waals surface area contributed by atoms with Crippen molar-refractivity contribution in [2.24, 2.45) is 0 Å². The Morgan fingerprint density at radius 1 is 1.50 bits per heavy atom. The molecule has 0 aliphatic heterocycles. The lowest BCUT2D eigenvalue weighted by atomic mass is 10.2. The van der Waals surface area contributed by atoms with Crippen molar-refractivity contribution < 1.29 is 19.7 Å². The summed E-state index contributed by atoms with van der Waals surface area (Å²) in [5, 5.41) is 20.9. The normalized spacial score (nSPS) is 11.9. The summed E-state index contributed by atoms with van der Waals surface area (Å²) in [6.07, 6.45) is -1.15. The molecule has 0 saturated heterocycles. The van der Waals surface area contributed by atoms with Crippen LogP contribution in [-0.4, -0.2) is 35.4 Å². The van der Waals surface area contributed by atoms with Gasteiger partial charge in [0.15, 0.2) is 0 Å². The first-order valence-electron chi connectivity index (χ1n) is 5.90. The summed E-state index contributed by atoms with van der Waals surface area (Å²) < 4.78 is 5.41.